The lowest BCUT2D eigenvalue weighted by Gasteiger charge is -2.00. The minimum absolute atomic E-state index is 0.263. The molecule has 0 bridgehead atoms. The molecule has 0 aromatic heterocycles. The average molecular weight is 307 g/mol. The molecule has 0 fully saturated rings. The summed E-state index contributed by atoms with van der Waals surface area (Å²) in [5, 5.41) is 4.81. The number of benzene rings is 2. The average Bonchev–Trinajstić information content (AvgIpc) is 2.43. The van der Waals surface area contributed by atoms with E-state index in [1.807, 2.05) is 19.1 Å². The maximum absolute atomic E-state index is 11.8. The molecule has 0 heterocycles. The summed E-state index contributed by atoms with van der Waals surface area (Å²) in [7, 11) is 0. The number of nitrogens with one attached hydrogen (secondary N) is 1. The van der Waals surface area contributed by atoms with Crippen LogP contribution in [0.25, 0.3) is 0 Å². The lowest BCUT2D eigenvalue weighted by molar-refractivity contribution is 0.0955. The highest BCUT2D eigenvalue weighted by atomic mass is 35.5. The van der Waals surface area contributed by atoms with Crippen LogP contribution in [0, 0.1) is 6.92 Å². The topological polar surface area (TPSA) is 41.5 Å². The zero-order chi connectivity index (χ0) is 14.5. The van der Waals surface area contributed by atoms with E-state index < -0.39 is 0 Å². The van der Waals surface area contributed by atoms with Crippen molar-refractivity contribution in [3.63, 3.8) is 0 Å². The molecular formula is C15H12Cl2N2O. The van der Waals surface area contributed by atoms with Gasteiger partial charge >= 0.3 is 0 Å². The van der Waals surface area contributed by atoms with Gasteiger partial charge in [0.25, 0.3) is 5.91 Å². The Kier molecular flexibility index (Phi) is 4.77. The fraction of sp³-hybridized carbons (Fsp3) is 0.0667. The second-order valence-electron chi connectivity index (χ2n) is 4.24. The molecule has 0 saturated carbocycles. The summed E-state index contributed by atoms with van der Waals surface area (Å²) >= 11 is 11.7. The number of carbonyl (C=O) groups is 1. The molecule has 0 unspecified atom stereocenters. The zero-order valence-electron chi connectivity index (χ0n) is 10.7. The van der Waals surface area contributed by atoms with Gasteiger partial charge in [0.2, 0.25) is 0 Å². The second-order valence-corrected chi connectivity index (χ2v) is 5.05. The predicted molar refractivity (Wildman–Crippen MR) is 82.7 cm³/mol. The molecule has 0 spiro atoms. The van der Waals surface area contributed by atoms with E-state index in [0.717, 1.165) is 11.1 Å². The molecular weight excluding hydrogens is 295 g/mol. The van der Waals surface area contributed by atoms with Crippen molar-refractivity contribution in [2.45, 2.75) is 6.92 Å². The van der Waals surface area contributed by atoms with Crippen molar-refractivity contribution >= 4 is 35.3 Å². The first-order valence-electron chi connectivity index (χ1n) is 5.91. The number of hydrogen-bond acceptors (Lipinski definition) is 2. The Morgan fingerprint density at radius 1 is 1.10 bits per heavy atom. The summed E-state index contributed by atoms with van der Waals surface area (Å²) < 4.78 is 0. The predicted octanol–water partition coefficient (Wildman–Crippen LogP) is 4.07. The Balaban J connectivity index is 2.00. The van der Waals surface area contributed by atoms with E-state index in [0.29, 0.717) is 15.6 Å². The van der Waals surface area contributed by atoms with Gasteiger partial charge in [-0.05, 0) is 36.8 Å². The highest BCUT2D eigenvalue weighted by molar-refractivity contribution is 6.42. The van der Waals surface area contributed by atoms with Crippen molar-refractivity contribution in [3.8, 4) is 0 Å². The van der Waals surface area contributed by atoms with Gasteiger partial charge in [-0.25, -0.2) is 5.43 Å². The third-order valence-electron chi connectivity index (χ3n) is 2.64. The Labute approximate surface area is 127 Å². The maximum atomic E-state index is 11.8. The minimum Gasteiger partial charge on any atom is -0.267 e. The van der Waals surface area contributed by atoms with Crippen LogP contribution in [0.3, 0.4) is 0 Å². The Morgan fingerprint density at radius 2 is 1.80 bits per heavy atom. The first-order valence-corrected chi connectivity index (χ1v) is 6.67. The van der Waals surface area contributed by atoms with E-state index in [-0.39, 0.29) is 5.91 Å². The van der Waals surface area contributed by atoms with Gasteiger partial charge in [0.05, 0.1) is 16.3 Å². The smallest absolute Gasteiger partial charge is 0.267 e. The van der Waals surface area contributed by atoms with Crippen molar-refractivity contribution in [2.24, 2.45) is 5.10 Å². The van der Waals surface area contributed by atoms with Gasteiger partial charge in [0.1, 0.15) is 0 Å². The van der Waals surface area contributed by atoms with Gasteiger partial charge in [-0.2, -0.15) is 5.10 Å². The molecule has 0 aliphatic carbocycles. The Morgan fingerprint density at radius 3 is 2.45 bits per heavy atom. The summed E-state index contributed by atoms with van der Waals surface area (Å²) in [5.41, 5.74) is 4.86. The summed E-state index contributed by atoms with van der Waals surface area (Å²) in [4.78, 5) is 11.8. The number of aryl methyl sites for hydroxylation is 1. The largest absolute Gasteiger partial charge is 0.271 e. The molecule has 102 valence electrons. The van der Waals surface area contributed by atoms with Gasteiger partial charge < -0.3 is 0 Å². The summed E-state index contributed by atoms with van der Waals surface area (Å²) in [6, 6.07) is 12.3. The van der Waals surface area contributed by atoms with Crippen LogP contribution >= 0.6 is 23.2 Å². The van der Waals surface area contributed by atoms with Gasteiger partial charge in [-0.3, -0.25) is 4.79 Å². The molecule has 1 N–H and O–H groups in total. The van der Waals surface area contributed by atoms with Crippen LogP contribution in [-0.2, 0) is 0 Å². The molecule has 2 aromatic carbocycles. The van der Waals surface area contributed by atoms with Crippen molar-refractivity contribution < 1.29 is 4.79 Å². The van der Waals surface area contributed by atoms with Crippen LogP contribution in [0.1, 0.15) is 21.5 Å². The third kappa shape index (κ3) is 3.83. The third-order valence-corrected chi connectivity index (χ3v) is 3.38. The van der Waals surface area contributed by atoms with E-state index in [9.17, 15) is 4.79 Å². The Hall–Kier alpha value is -1.84. The van der Waals surface area contributed by atoms with Crippen LogP contribution in [-0.4, -0.2) is 12.1 Å². The number of carbonyl (C=O) groups excluding carboxylic acids is 1. The maximum Gasteiger partial charge on any atom is 0.271 e. The van der Waals surface area contributed by atoms with Gasteiger partial charge in [0.15, 0.2) is 0 Å². The van der Waals surface area contributed by atoms with Crippen molar-refractivity contribution in [1.29, 1.82) is 0 Å². The zero-order valence-corrected chi connectivity index (χ0v) is 12.2. The van der Waals surface area contributed by atoms with Gasteiger partial charge in [-0.15, -0.1) is 0 Å². The van der Waals surface area contributed by atoms with Crippen molar-refractivity contribution in [1.82, 2.24) is 5.43 Å². The quantitative estimate of drug-likeness (QED) is 0.674. The van der Waals surface area contributed by atoms with E-state index in [4.69, 9.17) is 23.2 Å². The summed E-state index contributed by atoms with van der Waals surface area (Å²) in [6.45, 7) is 1.96. The number of rotatable bonds is 3. The van der Waals surface area contributed by atoms with Crippen LogP contribution in [0.5, 0.6) is 0 Å². The molecule has 0 radical (unpaired) electrons. The van der Waals surface area contributed by atoms with E-state index in [1.165, 1.54) is 6.21 Å². The fourth-order valence-corrected chi connectivity index (χ4v) is 1.83. The van der Waals surface area contributed by atoms with Gasteiger partial charge in [0, 0.05) is 5.56 Å². The monoisotopic (exact) mass is 306 g/mol. The molecule has 0 saturated heterocycles. The van der Waals surface area contributed by atoms with Crippen LogP contribution < -0.4 is 5.43 Å². The highest BCUT2D eigenvalue weighted by Gasteiger charge is 2.02. The first-order chi connectivity index (χ1) is 9.56. The molecule has 0 aliphatic rings. The molecule has 3 nitrogen and oxygen atoms in total. The molecule has 1 amide bonds. The van der Waals surface area contributed by atoms with Crippen LogP contribution in [0.2, 0.25) is 10.0 Å². The standard InChI is InChI=1S/C15H12Cl2N2O/c1-10-2-5-12(6-3-10)15(20)19-18-9-11-4-7-13(16)14(17)8-11/h2-9H,1H3,(H,19,20)/b18-9+. The first kappa shape index (κ1) is 14.6. The molecule has 5 heteroatoms. The fourth-order valence-electron chi connectivity index (χ4n) is 1.53. The lowest BCUT2D eigenvalue weighted by Crippen LogP contribution is -2.17. The van der Waals surface area contributed by atoms with Crippen LogP contribution in [0.4, 0.5) is 0 Å². The number of nitrogens with zero attached hydrogens (tertiary/aromatic N) is 1. The Bertz CT molecular complexity index is 651. The van der Waals surface area contributed by atoms with Gasteiger partial charge in [-0.1, -0.05) is 47.0 Å². The van der Waals surface area contributed by atoms with E-state index in [2.05, 4.69) is 10.5 Å². The molecule has 0 atom stereocenters. The summed E-state index contributed by atoms with van der Waals surface area (Å²) in [5.74, 6) is -0.263. The number of hydrazone groups is 1. The number of hydrogen-bond donors (Lipinski definition) is 1. The van der Waals surface area contributed by atoms with Crippen molar-refractivity contribution in [3.05, 3.63) is 69.2 Å². The highest BCUT2D eigenvalue weighted by Crippen LogP contribution is 2.21. The number of halogens is 2. The molecule has 2 aromatic rings. The summed E-state index contributed by atoms with van der Waals surface area (Å²) in [6.07, 6.45) is 1.51. The molecule has 20 heavy (non-hydrogen) atoms. The van der Waals surface area contributed by atoms with E-state index >= 15 is 0 Å². The SMILES string of the molecule is Cc1ccc(C(=O)N/N=C/c2ccc(Cl)c(Cl)c2)cc1. The normalized spacial score (nSPS) is 10.8. The minimum atomic E-state index is -0.263. The second kappa shape index (κ2) is 6.55. The molecule has 2 rings (SSSR count). The van der Waals surface area contributed by atoms with E-state index in [1.54, 1.807) is 30.3 Å². The lowest BCUT2D eigenvalue weighted by atomic mass is 10.1. The van der Waals surface area contributed by atoms with Crippen molar-refractivity contribution in [2.75, 3.05) is 0 Å². The number of amides is 1. The van der Waals surface area contributed by atoms with Crippen LogP contribution in [0.15, 0.2) is 47.6 Å². The molecule has 0 aliphatic heterocycles.